The molecule has 2 aliphatic rings. The summed E-state index contributed by atoms with van der Waals surface area (Å²) in [5.41, 5.74) is 5.12. The third-order valence-electron chi connectivity index (χ3n) is 4.84. The normalized spacial score (nSPS) is 17.8. The van der Waals surface area contributed by atoms with E-state index in [4.69, 9.17) is 0 Å². The van der Waals surface area contributed by atoms with E-state index in [2.05, 4.69) is 62.7 Å². The molecular formula is C19H25N5. The van der Waals surface area contributed by atoms with Crippen molar-refractivity contribution in [3.05, 3.63) is 47.7 Å². The lowest BCUT2D eigenvalue weighted by Gasteiger charge is -2.35. The Morgan fingerprint density at radius 1 is 0.958 bits per heavy atom. The highest BCUT2D eigenvalue weighted by Crippen LogP contribution is 2.26. The molecule has 1 aromatic heterocycles. The lowest BCUT2D eigenvalue weighted by Crippen LogP contribution is -2.46. The number of hydrogen-bond acceptors (Lipinski definition) is 5. The van der Waals surface area contributed by atoms with Crippen LogP contribution in [0.25, 0.3) is 0 Å². The van der Waals surface area contributed by atoms with Crippen LogP contribution in [0.2, 0.25) is 0 Å². The maximum Gasteiger partial charge on any atom is 0.128 e. The van der Waals surface area contributed by atoms with E-state index in [0.717, 1.165) is 51.6 Å². The third kappa shape index (κ3) is 3.31. The highest BCUT2D eigenvalue weighted by Gasteiger charge is 2.18. The van der Waals surface area contributed by atoms with Gasteiger partial charge in [0.05, 0.1) is 11.4 Å². The number of anilines is 3. The predicted octanol–water partition coefficient (Wildman–Crippen LogP) is 2.55. The fraction of sp³-hybridized carbons (Fsp3) is 0.421. The molecule has 0 aliphatic carbocycles. The minimum absolute atomic E-state index is 0.999. The van der Waals surface area contributed by atoms with Crippen LogP contribution in [-0.4, -0.2) is 49.2 Å². The van der Waals surface area contributed by atoms with Crippen molar-refractivity contribution in [3.8, 4) is 0 Å². The summed E-state index contributed by atoms with van der Waals surface area (Å²) >= 11 is 0. The summed E-state index contributed by atoms with van der Waals surface area (Å²) in [5, 5.41) is 6.91. The molecule has 126 valence electrons. The van der Waals surface area contributed by atoms with E-state index >= 15 is 0 Å². The quantitative estimate of drug-likeness (QED) is 0.909. The average Bonchev–Trinajstić information content (AvgIpc) is 2.62. The lowest BCUT2D eigenvalue weighted by molar-refractivity contribution is 0.249. The molecule has 1 saturated heterocycles. The number of benzene rings is 1. The van der Waals surface area contributed by atoms with E-state index < -0.39 is 0 Å². The molecule has 0 spiro atoms. The third-order valence-corrected chi connectivity index (χ3v) is 4.84. The number of aromatic nitrogens is 1. The van der Waals surface area contributed by atoms with Gasteiger partial charge in [0.15, 0.2) is 0 Å². The molecule has 0 unspecified atom stereocenters. The fourth-order valence-electron chi connectivity index (χ4n) is 3.47. The molecule has 1 fully saturated rings. The molecule has 2 aliphatic heterocycles. The van der Waals surface area contributed by atoms with E-state index in [9.17, 15) is 0 Å². The monoisotopic (exact) mass is 323 g/mol. The van der Waals surface area contributed by atoms with Gasteiger partial charge in [0.2, 0.25) is 0 Å². The second-order valence-corrected chi connectivity index (χ2v) is 6.69. The van der Waals surface area contributed by atoms with Crippen LogP contribution < -0.4 is 15.5 Å². The summed E-state index contributed by atoms with van der Waals surface area (Å²) in [4.78, 5) is 9.44. The first-order valence-corrected chi connectivity index (χ1v) is 8.78. The first-order chi connectivity index (χ1) is 11.8. The molecule has 5 nitrogen and oxygen atoms in total. The van der Waals surface area contributed by atoms with E-state index in [0.29, 0.717) is 0 Å². The van der Waals surface area contributed by atoms with Crippen LogP contribution in [0.4, 0.5) is 17.2 Å². The molecule has 2 N–H and O–H groups in total. The Bertz CT molecular complexity index is 707. The summed E-state index contributed by atoms with van der Waals surface area (Å²) in [6.45, 7) is 9.39. The number of aryl methyl sites for hydroxylation is 1. The van der Waals surface area contributed by atoms with Gasteiger partial charge in [-0.2, -0.15) is 0 Å². The number of nitrogens with one attached hydrogen (secondary N) is 2. The standard InChI is InChI=1S/C19H25N5/c1-15-4-5-22-19(12-15)24-10-8-23(9-11-24)14-16-2-3-17-18(13-16)21-7-6-20-17/h2-5,12-13,20-21H,6-11,14H2,1H3. The van der Waals surface area contributed by atoms with Gasteiger partial charge >= 0.3 is 0 Å². The SMILES string of the molecule is Cc1ccnc(N2CCN(Cc3ccc4c(c3)NCCN4)CC2)c1. The molecule has 4 rings (SSSR count). The number of nitrogens with zero attached hydrogens (tertiary/aromatic N) is 3. The van der Waals surface area contributed by atoms with Crippen LogP contribution >= 0.6 is 0 Å². The number of hydrogen-bond donors (Lipinski definition) is 2. The maximum atomic E-state index is 4.51. The first kappa shape index (κ1) is 15.3. The van der Waals surface area contributed by atoms with Crippen LogP contribution in [0.5, 0.6) is 0 Å². The van der Waals surface area contributed by atoms with Gasteiger partial charge in [0, 0.05) is 52.0 Å². The molecule has 2 aromatic rings. The summed E-state index contributed by atoms with van der Waals surface area (Å²) < 4.78 is 0. The Morgan fingerprint density at radius 3 is 2.54 bits per heavy atom. The number of pyridine rings is 1. The molecule has 0 radical (unpaired) electrons. The average molecular weight is 323 g/mol. The zero-order chi connectivity index (χ0) is 16.4. The van der Waals surface area contributed by atoms with Crippen molar-refractivity contribution in [2.24, 2.45) is 0 Å². The Balaban J connectivity index is 1.36. The van der Waals surface area contributed by atoms with Gasteiger partial charge in [-0.3, -0.25) is 4.90 Å². The van der Waals surface area contributed by atoms with Crippen molar-refractivity contribution < 1.29 is 0 Å². The van der Waals surface area contributed by atoms with Crippen LogP contribution in [0, 0.1) is 6.92 Å². The zero-order valence-corrected chi connectivity index (χ0v) is 14.3. The fourth-order valence-corrected chi connectivity index (χ4v) is 3.47. The van der Waals surface area contributed by atoms with Crippen LogP contribution in [0.3, 0.4) is 0 Å². The molecule has 0 atom stereocenters. The van der Waals surface area contributed by atoms with Crippen molar-refractivity contribution in [3.63, 3.8) is 0 Å². The van der Waals surface area contributed by atoms with E-state index in [1.165, 1.54) is 22.5 Å². The molecule has 0 saturated carbocycles. The number of fused-ring (bicyclic) bond motifs is 1. The van der Waals surface area contributed by atoms with Gasteiger partial charge in [-0.25, -0.2) is 4.98 Å². The topological polar surface area (TPSA) is 43.4 Å². The van der Waals surface area contributed by atoms with Gasteiger partial charge < -0.3 is 15.5 Å². The lowest BCUT2D eigenvalue weighted by atomic mass is 10.1. The largest absolute Gasteiger partial charge is 0.382 e. The first-order valence-electron chi connectivity index (χ1n) is 8.78. The zero-order valence-electron chi connectivity index (χ0n) is 14.3. The summed E-state index contributed by atoms with van der Waals surface area (Å²) in [6, 6.07) is 11.0. The second-order valence-electron chi connectivity index (χ2n) is 6.69. The number of piperazine rings is 1. The molecule has 0 bridgehead atoms. The highest BCUT2D eigenvalue weighted by atomic mass is 15.3. The highest BCUT2D eigenvalue weighted by molar-refractivity contribution is 5.71. The van der Waals surface area contributed by atoms with Gasteiger partial charge in [-0.05, 0) is 42.3 Å². The van der Waals surface area contributed by atoms with E-state index in [-0.39, 0.29) is 0 Å². The van der Waals surface area contributed by atoms with Crippen LogP contribution in [0.1, 0.15) is 11.1 Å². The molecule has 24 heavy (non-hydrogen) atoms. The Labute approximate surface area is 143 Å². The molecule has 1 aromatic carbocycles. The minimum Gasteiger partial charge on any atom is -0.382 e. The Hall–Kier alpha value is -2.27. The van der Waals surface area contributed by atoms with Gasteiger partial charge in [-0.1, -0.05) is 6.07 Å². The van der Waals surface area contributed by atoms with E-state index in [1.807, 2.05) is 6.20 Å². The van der Waals surface area contributed by atoms with Crippen LogP contribution in [-0.2, 0) is 6.54 Å². The minimum atomic E-state index is 0.999. The molecular weight excluding hydrogens is 298 g/mol. The summed E-state index contributed by atoms with van der Waals surface area (Å²) in [5.74, 6) is 1.11. The molecule has 3 heterocycles. The predicted molar refractivity (Wildman–Crippen MR) is 99.9 cm³/mol. The van der Waals surface area contributed by atoms with Crippen molar-refractivity contribution >= 4 is 17.2 Å². The van der Waals surface area contributed by atoms with E-state index in [1.54, 1.807) is 0 Å². The second kappa shape index (κ2) is 6.69. The van der Waals surface area contributed by atoms with Crippen LogP contribution in [0.15, 0.2) is 36.5 Å². The Kier molecular flexibility index (Phi) is 4.26. The molecule has 5 heteroatoms. The summed E-state index contributed by atoms with van der Waals surface area (Å²) in [7, 11) is 0. The Morgan fingerprint density at radius 2 is 1.75 bits per heavy atom. The van der Waals surface area contributed by atoms with Gasteiger partial charge in [-0.15, -0.1) is 0 Å². The van der Waals surface area contributed by atoms with Crippen molar-refractivity contribution in [1.29, 1.82) is 0 Å². The van der Waals surface area contributed by atoms with Crippen molar-refractivity contribution in [2.75, 3.05) is 54.8 Å². The number of rotatable bonds is 3. The smallest absolute Gasteiger partial charge is 0.128 e. The van der Waals surface area contributed by atoms with Gasteiger partial charge in [0.25, 0.3) is 0 Å². The van der Waals surface area contributed by atoms with Gasteiger partial charge in [0.1, 0.15) is 5.82 Å². The van der Waals surface area contributed by atoms with Crippen molar-refractivity contribution in [1.82, 2.24) is 9.88 Å². The summed E-state index contributed by atoms with van der Waals surface area (Å²) in [6.07, 6.45) is 1.91. The molecule has 0 amide bonds. The van der Waals surface area contributed by atoms with Crippen molar-refractivity contribution in [2.45, 2.75) is 13.5 Å². The maximum absolute atomic E-state index is 4.51.